The summed E-state index contributed by atoms with van der Waals surface area (Å²) < 4.78 is 20.9. The number of carbonyl (C=O) groups excluding carboxylic acids is 2. The number of piperidine rings is 1. The third-order valence-corrected chi connectivity index (χ3v) is 8.14. The lowest BCUT2D eigenvalue weighted by Gasteiger charge is -2.35. The van der Waals surface area contributed by atoms with Crippen LogP contribution in [-0.2, 0) is 17.9 Å². The van der Waals surface area contributed by atoms with E-state index in [0.717, 1.165) is 50.3 Å². The highest BCUT2D eigenvalue weighted by molar-refractivity contribution is 6.00. The SMILES string of the molecule is CN1CCN(c2cc(N3CCCCC3=O)c3nc(C(=O)NCc4ccc(F)cc4)c(OCc4ccccc4)c(=O)n3c2)CC1. The van der Waals surface area contributed by atoms with E-state index in [-0.39, 0.29) is 42.0 Å². The lowest BCUT2D eigenvalue weighted by molar-refractivity contribution is -0.119. The molecule has 228 valence electrons. The van der Waals surface area contributed by atoms with E-state index in [1.807, 2.05) is 36.4 Å². The Hall–Kier alpha value is -4.77. The van der Waals surface area contributed by atoms with Crippen molar-refractivity contribution in [1.29, 1.82) is 0 Å². The van der Waals surface area contributed by atoms with Crippen molar-refractivity contribution in [3.63, 3.8) is 0 Å². The maximum absolute atomic E-state index is 14.2. The first-order valence-corrected chi connectivity index (χ1v) is 14.9. The van der Waals surface area contributed by atoms with Gasteiger partial charge in [-0.25, -0.2) is 9.37 Å². The molecule has 2 aliphatic rings. The minimum absolute atomic E-state index is 0.0466. The molecule has 10 nitrogen and oxygen atoms in total. The van der Waals surface area contributed by atoms with Crippen molar-refractivity contribution in [2.45, 2.75) is 32.4 Å². The van der Waals surface area contributed by atoms with Crippen molar-refractivity contribution < 1.29 is 18.7 Å². The molecule has 2 aromatic carbocycles. The number of aromatic nitrogens is 2. The lowest BCUT2D eigenvalue weighted by atomic mass is 10.1. The Balaban J connectivity index is 1.46. The van der Waals surface area contributed by atoms with Crippen molar-refractivity contribution in [2.24, 2.45) is 0 Å². The van der Waals surface area contributed by atoms with Crippen LogP contribution >= 0.6 is 0 Å². The zero-order chi connectivity index (χ0) is 30.6. The minimum atomic E-state index is -0.615. The van der Waals surface area contributed by atoms with E-state index < -0.39 is 11.5 Å². The number of hydrogen-bond acceptors (Lipinski definition) is 7. The Labute approximate surface area is 254 Å². The Kier molecular flexibility index (Phi) is 8.56. The van der Waals surface area contributed by atoms with Gasteiger partial charge in [-0.3, -0.25) is 18.8 Å². The summed E-state index contributed by atoms with van der Waals surface area (Å²) >= 11 is 0. The number of anilines is 2. The van der Waals surface area contributed by atoms with Gasteiger partial charge in [0.15, 0.2) is 11.3 Å². The van der Waals surface area contributed by atoms with Gasteiger partial charge in [0.1, 0.15) is 12.4 Å². The molecule has 4 aromatic rings. The molecule has 11 heteroatoms. The van der Waals surface area contributed by atoms with E-state index in [2.05, 4.69) is 22.2 Å². The number of nitrogens with one attached hydrogen (secondary N) is 1. The van der Waals surface area contributed by atoms with Gasteiger partial charge < -0.3 is 24.8 Å². The predicted octanol–water partition coefficient (Wildman–Crippen LogP) is 3.61. The van der Waals surface area contributed by atoms with E-state index in [0.29, 0.717) is 24.2 Å². The fourth-order valence-corrected chi connectivity index (χ4v) is 5.57. The van der Waals surface area contributed by atoms with Gasteiger partial charge in [-0.15, -0.1) is 0 Å². The van der Waals surface area contributed by atoms with E-state index in [1.165, 1.54) is 16.5 Å². The lowest BCUT2D eigenvalue weighted by Crippen LogP contribution is -2.45. The number of carbonyl (C=O) groups is 2. The summed E-state index contributed by atoms with van der Waals surface area (Å²) in [5, 5.41) is 2.79. The molecule has 4 heterocycles. The topological polar surface area (TPSA) is 99.5 Å². The largest absolute Gasteiger partial charge is 0.481 e. The number of piperazine rings is 1. The fourth-order valence-electron chi connectivity index (χ4n) is 5.57. The number of ether oxygens (including phenoxy) is 1. The van der Waals surface area contributed by atoms with Crippen LogP contribution < -0.4 is 25.4 Å². The van der Waals surface area contributed by atoms with Gasteiger partial charge >= 0.3 is 5.56 Å². The first kappa shape index (κ1) is 29.3. The van der Waals surface area contributed by atoms with Gasteiger partial charge in [0.25, 0.3) is 5.91 Å². The highest BCUT2D eigenvalue weighted by atomic mass is 19.1. The smallest absolute Gasteiger partial charge is 0.301 e. The van der Waals surface area contributed by atoms with Crippen LogP contribution in [0.25, 0.3) is 5.65 Å². The van der Waals surface area contributed by atoms with Crippen LogP contribution in [0.4, 0.5) is 15.8 Å². The molecule has 0 bridgehead atoms. The van der Waals surface area contributed by atoms with Crippen LogP contribution in [0.2, 0.25) is 0 Å². The third kappa shape index (κ3) is 6.28. The average Bonchev–Trinajstić information content (AvgIpc) is 3.04. The number of likely N-dealkylation sites (N-methyl/N-ethyl adjacent to an activating group) is 1. The molecule has 0 atom stereocenters. The van der Waals surface area contributed by atoms with Gasteiger partial charge in [-0.1, -0.05) is 42.5 Å². The number of benzene rings is 2. The maximum Gasteiger partial charge on any atom is 0.301 e. The van der Waals surface area contributed by atoms with Crippen molar-refractivity contribution in [1.82, 2.24) is 19.6 Å². The van der Waals surface area contributed by atoms with Gasteiger partial charge in [-0.05, 0) is 49.2 Å². The summed E-state index contributed by atoms with van der Waals surface area (Å²) in [6, 6.07) is 17.0. The van der Waals surface area contributed by atoms with Crippen LogP contribution in [0.5, 0.6) is 5.75 Å². The molecule has 0 radical (unpaired) electrons. The second kappa shape index (κ2) is 12.8. The van der Waals surface area contributed by atoms with Crippen LogP contribution in [0.1, 0.15) is 40.9 Å². The molecule has 6 rings (SSSR count). The highest BCUT2D eigenvalue weighted by Gasteiger charge is 2.28. The van der Waals surface area contributed by atoms with Crippen LogP contribution in [0.15, 0.2) is 71.7 Å². The molecular weight excluding hydrogens is 563 g/mol. The van der Waals surface area contributed by atoms with Crippen molar-refractivity contribution >= 4 is 28.8 Å². The number of amides is 2. The molecule has 1 N–H and O–H groups in total. The van der Waals surface area contributed by atoms with Crippen molar-refractivity contribution in [2.75, 3.05) is 49.6 Å². The summed E-state index contributed by atoms with van der Waals surface area (Å²) in [6.07, 6.45) is 3.75. The summed E-state index contributed by atoms with van der Waals surface area (Å²) in [5.41, 5.74) is 2.28. The molecule has 2 fully saturated rings. The Morgan fingerprint density at radius 1 is 0.955 bits per heavy atom. The Morgan fingerprint density at radius 2 is 1.70 bits per heavy atom. The van der Waals surface area contributed by atoms with E-state index in [1.54, 1.807) is 23.2 Å². The van der Waals surface area contributed by atoms with E-state index in [9.17, 15) is 18.8 Å². The summed E-state index contributed by atoms with van der Waals surface area (Å²) in [5.74, 6) is -1.23. The first-order valence-electron chi connectivity index (χ1n) is 14.9. The molecule has 0 saturated carbocycles. The second-order valence-electron chi connectivity index (χ2n) is 11.2. The number of nitrogens with zero attached hydrogens (tertiary/aromatic N) is 5. The van der Waals surface area contributed by atoms with Crippen molar-refractivity contribution in [3.8, 4) is 5.75 Å². The third-order valence-electron chi connectivity index (χ3n) is 8.14. The number of halogens is 1. The zero-order valence-electron chi connectivity index (χ0n) is 24.7. The number of pyridine rings is 1. The maximum atomic E-state index is 14.2. The van der Waals surface area contributed by atoms with Gasteiger partial charge in [0, 0.05) is 51.9 Å². The quantitative estimate of drug-likeness (QED) is 0.331. The summed E-state index contributed by atoms with van der Waals surface area (Å²) in [6.45, 7) is 3.89. The van der Waals surface area contributed by atoms with Gasteiger partial charge in [-0.2, -0.15) is 0 Å². The van der Waals surface area contributed by atoms with Crippen molar-refractivity contribution in [3.05, 3.63) is 99.9 Å². The molecule has 44 heavy (non-hydrogen) atoms. The van der Waals surface area contributed by atoms with Crippen LogP contribution in [-0.4, -0.2) is 65.9 Å². The minimum Gasteiger partial charge on any atom is -0.481 e. The molecule has 2 saturated heterocycles. The number of fused-ring (bicyclic) bond motifs is 1. The molecule has 0 spiro atoms. The molecular formula is C33H35FN6O4. The fraction of sp³-hybridized carbons (Fsp3) is 0.333. The van der Waals surface area contributed by atoms with Crippen LogP contribution in [0.3, 0.4) is 0 Å². The van der Waals surface area contributed by atoms with Gasteiger partial charge in [0.05, 0.1) is 11.4 Å². The zero-order valence-corrected chi connectivity index (χ0v) is 24.7. The molecule has 0 unspecified atom stereocenters. The summed E-state index contributed by atoms with van der Waals surface area (Å²) in [7, 11) is 2.07. The molecule has 2 aliphatic heterocycles. The highest BCUT2D eigenvalue weighted by Crippen LogP contribution is 2.31. The van der Waals surface area contributed by atoms with E-state index in [4.69, 9.17) is 9.72 Å². The number of rotatable bonds is 8. The number of hydrogen-bond donors (Lipinski definition) is 1. The average molecular weight is 599 g/mol. The molecule has 0 aliphatic carbocycles. The predicted molar refractivity (Wildman–Crippen MR) is 166 cm³/mol. The molecule has 2 amide bonds. The Morgan fingerprint density at radius 3 is 2.43 bits per heavy atom. The van der Waals surface area contributed by atoms with E-state index >= 15 is 0 Å². The van der Waals surface area contributed by atoms with Gasteiger partial charge in [0.2, 0.25) is 11.7 Å². The normalized spacial score (nSPS) is 15.9. The monoisotopic (exact) mass is 598 g/mol. The first-order chi connectivity index (χ1) is 21.4. The summed E-state index contributed by atoms with van der Waals surface area (Å²) in [4.78, 5) is 51.9. The standard InChI is InChI=1S/C33H35FN6O4/c1-37-15-17-38(18-16-37)26-19-27(39-14-6-5-9-28(39)41)31-36-29(32(42)35-20-23-10-12-25(34)13-11-23)30(33(43)40(31)21-26)44-22-24-7-3-2-4-8-24/h2-4,7-8,10-13,19,21H,5-6,9,14-18,20,22H2,1H3,(H,35,42). The Bertz CT molecular complexity index is 1720. The molecule has 2 aromatic heterocycles. The second-order valence-corrected chi connectivity index (χ2v) is 11.2. The van der Waals surface area contributed by atoms with Crippen LogP contribution in [0, 0.1) is 5.82 Å².